The smallest absolute Gasteiger partial charge is 0.148 e. The zero-order valence-corrected chi connectivity index (χ0v) is 15.4. The molecule has 0 atom stereocenters. The molecular formula is C16H21BrN8. The second kappa shape index (κ2) is 8.97. The first-order chi connectivity index (χ1) is 11.7. The Hall–Kier alpha value is -2.68. The molecule has 4 rings (SSSR count). The molecule has 25 heavy (non-hydrogen) atoms. The van der Waals surface area contributed by atoms with Crippen LogP contribution in [0.5, 0.6) is 0 Å². The molecule has 132 valence electrons. The summed E-state index contributed by atoms with van der Waals surface area (Å²) >= 11 is 0. The quantitative estimate of drug-likeness (QED) is 0.788. The van der Waals surface area contributed by atoms with Crippen molar-refractivity contribution in [1.82, 2.24) is 9.97 Å². The van der Waals surface area contributed by atoms with Crippen molar-refractivity contribution in [3.8, 4) is 0 Å². The maximum atomic E-state index is 5.54. The van der Waals surface area contributed by atoms with E-state index < -0.39 is 0 Å². The molecule has 2 aliphatic rings. The molecule has 0 saturated carbocycles. The van der Waals surface area contributed by atoms with E-state index >= 15 is 0 Å². The standard InChI is InChI=1S/2C8H10N4.BrH/c2*9-7-4-6-12(11-7)8-3-1-2-5-10-8;/h2*1-3,5H,4,6H2,(H2,9,11);1H. The molecule has 2 aliphatic heterocycles. The molecule has 0 radical (unpaired) electrons. The summed E-state index contributed by atoms with van der Waals surface area (Å²) in [6.45, 7) is 1.67. The Balaban J connectivity index is 0.000000173. The third-order valence-electron chi connectivity index (χ3n) is 3.49. The fourth-order valence-electron chi connectivity index (χ4n) is 2.30. The van der Waals surface area contributed by atoms with Gasteiger partial charge in [-0.2, -0.15) is 10.2 Å². The van der Waals surface area contributed by atoms with Crippen molar-refractivity contribution in [2.45, 2.75) is 12.8 Å². The summed E-state index contributed by atoms with van der Waals surface area (Å²) in [5.41, 5.74) is 11.1. The maximum Gasteiger partial charge on any atom is 0.148 e. The van der Waals surface area contributed by atoms with Gasteiger partial charge in [0.05, 0.1) is 13.1 Å². The summed E-state index contributed by atoms with van der Waals surface area (Å²) < 4.78 is 0. The minimum atomic E-state index is 0. The van der Waals surface area contributed by atoms with Crippen molar-refractivity contribution in [3.05, 3.63) is 48.8 Å². The Bertz CT molecular complexity index is 656. The van der Waals surface area contributed by atoms with Gasteiger partial charge in [-0.3, -0.25) is 0 Å². The maximum absolute atomic E-state index is 5.54. The summed E-state index contributed by atoms with van der Waals surface area (Å²) in [5.74, 6) is 3.08. The highest BCUT2D eigenvalue weighted by atomic mass is 79.9. The van der Waals surface area contributed by atoms with Gasteiger partial charge in [0.2, 0.25) is 0 Å². The van der Waals surface area contributed by atoms with Gasteiger partial charge in [-0.1, -0.05) is 12.1 Å². The number of hydrazone groups is 2. The van der Waals surface area contributed by atoms with Gasteiger partial charge in [0, 0.05) is 25.2 Å². The number of rotatable bonds is 2. The van der Waals surface area contributed by atoms with E-state index in [9.17, 15) is 0 Å². The van der Waals surface area contributed by atoms with Gasteiger partial charge in [0.15, 0.2) is 0 Å². The normalized spacial score (nSPS) is 15.7. The zero-order chi connectivity index (χ0) is 16.8. The number of hydrogen-bond donors (Lipinski definition) is 2. The second-order valence-corrected chi connectivity index (χ2v) is 5.30. The molecule has 0 saturated heterocycles. The lowest BCUT2D eigenvalue weighted by Crippen LogP contribution is -2.12. The average molecular weight is 405 g/mol. The highest BCUT2D eigenvalue weighted by Crippen LogP contribution is 2.14. The number of nitrogens with zero attached hydrogens (tertiary/aromatic N) is 6. The van der Waals surface area contributed by atoms with Crippen LogP contribution in [0.2, 0.25) is 0 Å². The summed E-state index contributed by atoms with van der Waals surface area (Å²) in [6.07, 6.45) is 5.16. The largest absolute Gasteiger partial charge is 0.386 e. The minimum Gasteiger partial charge on any atom is -0.386 e. The average Bonchev–Trinajstić information content (AvgIpc) is 3.26. The van der Waals surface area contributed by atoms with Gasteiger partial charge in [-0.15, -0.1) is 17.0 Å². The molecule has 4 N–H and O–H groups in total. The van der Waals surface area contributed by atoms with Crippen molar-refractivity contribution in [2.75, 3.05) is 23.1 Å². The van der Waals surface area contributed by atoms with E-state index in [-0.39, 0.29) is 17.0 Å². The third kappa shape index (κ3) is 5.15. The Kier molecular flexibility index (Phi) is 6.70. The van der Waals surface area contributed by atoms with Gasteiger partial charge in [-0.05, 0) is 24.3 Å². The number of aromatic nitrogens is 2. The molecule has 8 nitrogen and oxygen atoms in total. The molecule has 9 heteroatoms. The fraction of sp³-hybridized carbons (Fsp3) is 0.250. The Morgan fingerprint density at radius 3 is 1.44 bits per heavy atom. The first kappa shape index (κ1) is 18.7. The molecule has 0 fully saturated rings. The van der Waals surface area contributed by atoms with E-state index in [0.29, 0.717) is 11.7 Å². The predicted octanol–water partition coefficient (Wildman–Crippen LogP) is 1.71. The Labute approximate surface area is 157 Å². The lowest BCUT2D eigenvalue weighted by molar-refractivity contribution is 0.896. The molecule has 0 spiro atoms. The second-order valence-electron chi connectivity index (χ2n) is 5.30. The van der Waals surface area contributed by atoms with Crippen molar-refractivity contribution in [2.24, 2.45) is 21.7 Å². The van der Waals surface area contributed by atoms with Crippen molar-refractivity contribution in [3.63, 3.8) is 0 Å². The summed E-state index contributed by atoms with van der Waals surface area (Å²) in [5, 5.41) is 11.9. The molecule has 2 aromatic rings. The zero-order valence-electron chi connectivity index (χ0n) is 13.7. The molecular weight excluding hydrogens is 384 g/mol. The molecule has 0 amide bonds. The number of anilines is 2. The monoisotopic (exact) mass is 404 g/mol. The SMILES string of the molecule is Br.NC1=NN(c2ccccn2)CC1.NC1=NN(c2ccccn2)CC1. The Morgan fingerprint density at radius 1 is 0.720 bits per heavy atom. The van der Waals surface area contributed by atoms with Crippen LogP contribution in [0, 0.1) is 0 Å². The van der Waals surface area contributed by atoms with Gasteiger partial charge in [0.1, 0.15) is 23.3 Å². The summed E-state index contributed by atoms with van der Waals surface area (Å²) in [7, 11) is 0. The molecule has 0 aliphatic carbocycles. The van der Waals surface area contributed by atoms with Crippen molar-refractivity contribution in [1.29, 1.82) is 0 Å². The highest BCUT2D eigenvalue weighted by Gasteiger charge is 2.14. The van der Waals surface area contributed by atoms with Crippen LogP contribution in [0.3, 0.4) is 0 Å². The molecule has 4 heterocycles. The van der Waals surface area contributed by atoms with Crippen molar-refractivity contribution < 1.29 is 0 Å². The summed E-state index contributed by atoms with van der Waals surface area (Å²) in [4.78, 5) is 8.32. The van der Waals surface area contributed by atoms with Gasteiger partial charge in [0.25, 0.3) is 0 Å². The van der Waals surface area contributed by atoms with Crippen LogP contribution in [0.15, 0.2) is 59.0 Å². The number of halogens is 1. The minimum absolute atomic E-state index is 0. The van der Waals surface area contributed by atoms with E-state index in [2.05, 4.69) is 20.2 Å². The van der Waals surface area contributed by atoms with E-state index in [0.717, 1.165) is 37.6 Å². The van der Waals surface area contributed by atoms with Gasteiger partial charge < -0.3 is 11.5 Å². The van der Waals surface area contributed by atoms with E-state index in [1.165, 1.54) is 0 Å². The van der Waals surface area contributed by atoms with Crippen LogP contribution in [0.4, 0.5) is 11.6 Å². The lowest BCUT2D eigenvalue weighted by Gasteiger charge is -2.10. The van der Waals surface area contributed by atoms with Crippen LogP contribution >= 0.6 is 17.0 Å². The van der Waals surface area contributed by atoms with Crippen LogP contribution < -0.4 is 21.5 Å². The van der Waals surface area contributed by atoms with Crippen LogP contribution in [0.25, 0.3) is 0 Å². The number of amidine groups is 2. The first-order valence-electron chi connectivity index (χ1n) is 7.75. The molecule has 2 aromatic heterocycles. The predicted molar refractivity (Wildman–Crippen MR) is 106 cm³/mol. The van der Waals surface area contributed by atoms with E-state index in [1.54, 1.807) is 12.4 Å². The van der Waals surface area contributed by atoms with Gasteiger partial charge >= 0.3 is 0 Å². The molecule has 0 unspecified atom stereocenters. The van der Waals surface area contributed by atoms with E-state index in [1.807, 2.05) is 46.4 Å². The number of pyridine rings is 2. The topological polar surface area (TPSA) is 109 Å². The number of hydrogen-bond acceptors (Lipinski definition) is 8. The summed E-state index contributed by atoms with van der Waals surface area (Å²) in [6, 6.07) is 11.5. The highest BCUT2D eigenvalue weighted by molar-refractivity contribution is 8.93. The van der Waals surface area contributed by atoms with E-state index in [4.69, 9.17) is 11.5 Å². The fourth-order valence-corrected chi connectivity index (χ4v) is 2.30. The lowest BCUT2D eigenvalue weighted by atomic mass is 10.4. The van der Waals surface area contributed by atoms with Crippen LogP contribution in [0.1, 0.15) is 12.8 Å². The van der Waals surface area contributed by atoms with Crippen LogP contribution in [-0.4, -0.2) is 34.7 Å². The third-order valence-corrected chi connectivity index (χ3v) is 3.49. The molecule has 0 bridgehead atoms. The first-order valence-corrected chi connectivity index (χ1v) is 7.75. The van der Waals surface area contributed by atoms with Gasteiger partial charge in [-0.25, -0.2) is 20.0 Å². The molecule has 0 aromatic carbocycles. The van der Waals surface area contributed by atoms with Crippen LogP contribution in [-0.2, 0) is 0 Å². The number of nitrogens with two attached hydrogens (primary N) is 2. The Morgan fingerprint density at radius 2 is 1.16 bits per heavy atom. The van der Waals surface area contributed by atoms with Crippen molar-refractivity contribution >= 4 is 40.3 Å².